The number of H-pyrrole nitrogens is 1. The molecule has 1 fully saturated rings. The Balaban J connectivity index is 1.48. The predicted molar refractivity (Wildman–Crippen MR) is 151 cm³/mol. The van der Waals surface area contributed by atoms with Crippen LogP contribution in [0.3, 0.4) is 0 Å². The average molecular weight is 647 g/mol. The van der Waals surface area contributed by atoms with E-state index in [9.17, 15) is 31.2 Å². The number of piperidine rings is 1. The fraction of sp³-hybridized carbons (Fsp3) is 0.370. The fourth-order valence-corrected chi connectivity index (χ4v) is 6.22. The standard InChI is InChI=1S/C27H28Cl2F3N5O4S/c1-16(28)42(40,41)20-6-2-4-17(10-20)13-33-25(38)18-11-22(27(30,31)32)21(23(29)12-18)15-37-9-3-5-19(14-37)35-26(39)24-7-8-34-36-24/h2,4,6-8,10-12,16,19H,3,5,9,13-15H2,1H3,(H,33,38)(H,34,36)(H,35,39)/t16?,19-/m0/s1. The van der Waals surface area contributed by atoms with Gasteiger partial charge in [-0.2, -0.15) is 18.3 Å². The van der Waals surface area contributed by atoms with Crippen LogP contribution in [-0.2, 0) is 29.1 Å². The summed E-state index contributed by atoms with van der Waals surface area (Å²) >= 11 is 12.1. The molecule has 0 aliphatic carbocycles. The molecule has 1 aliphatic rings. The highest BCUT2D eigenvalue weighted by atomic mass is 35.5. The molecule has 9 nitrogen and oxygen atoms in total. The summed E-state index contributed by atoms with van der Waals surface area (Å²) in [5, 5.41) is 11.5. The van der Waals surface area contributed by atoms with Gasteiger partial charge in [0.15, 0.2) is 9.84 Å². The third kappa shape index (κ3) is 7.63. The van der Waals surface area contributed by atoms with Crippen molar-refractivity contribution in [2.24, 2.45) is 0 Å². The predicted octanol–water partition coefficient (Wildman–Crippen LogP) is 4.76. The third-order valence-electron chi connectivity index (χ3n) is 6.84. The summed E-state index contributed by atoms with van der Waals surface area (Å²) < 4.78 is 66.0. The second kappa shape index (κ2) is 13.0. The number of rotatable bonds is 9. The Labute approximate surface area is 250 Å². The van der Waals surface area contributed by atoms with Crippen LogP contribution >= 0.6 is 23.2 Å². The molecule has 0 bridgehead atoms. The number of aromatic amines is 1. The molecular weight excluding hydrogens is 618 g/mol. The average Bonchev–Trinajstić information content (AvgIpc) is 3.48. The molecule has 1 unspecified atom stereocenters. The van der Waals surface area contributed by atoms with E-state index in [4.69, 9.17) is 23.2 Å². The first-order valence-corrected chi connectivity index (χ1v) is 15.3. The lowest BCUT2D eigenvalue weighted by Gasteiger charge is -2.34. The molecule has 226 valence electrons. The molecule has 42 heavy (non-hydrogen) atoms. The van der Waals surface area contributed by atoms with E-state index in [1.165, 1.54) is 43.5 Å². The van der Waals surface area contributed by atoms with Crippen LogP contribution in [0.2, 0.25) is 5.02 Å². The normalized spacial score (nSPS) is 17.0. The Morgan fingerprint density at radius 3 is 2.62 bits per heavy atom. The van der Waals surface area contributed by atoms with Crippen molar-refractivity contribution in [2.75, 3.05) is 13.1 Å². The van der Waals surface area contributed by atoms with Crippen LogP contribution < -0.4 is 10.6 Å². The lowest BCUT2D eigenvalue weighted by Crippen LogP contribution is -2.47. The highest BCUT2D eigenvalue weighted by Gasteiger charge is 2.36. The minimum Gasteiger partial charge on any atom is -0.348 e. The zero-order valence-electron chi connectivity index (χ0n) is 22.3. The summed E-state index contributed by atoms with van der Waals surface area (Å²) in [6.45, 7) is 1.86. The summed E-state index contributed by atoms with van der Waals surface area (Å²) in [7, 11) is -3.77. The molecule has 3 N–H and O–H groups in total. The Hall–Kier alpha value is -3.13. The molecule has 0 radical (unpaired) electrons. The molecule has 3 aromatic rings. The molecule has 0 saturated carbocycles. The van der Waals surface area contributed by atoms with Gasteiger partial charge in [0.1, 0.15) is 10.4 Å². The summed E-state index contributed by atoms with van der Waals surface area (Å²) in [6.07, 6.45) is -2.03. The van der Waals surface area contributed by atoms with Gasteiger partial charge >= 0.3 is 6.18 Å². The number of carbonyl (C=O) groups excluding carboxylic acids is 2. The summed E-state index contributed by atoms with van der Waals surface area (Å²) in [5.41, 5.74) is -0.800. The summed E-state index contributed by atoms with van der Waals surface area (Å²) in [6, 6.07) is 8.93. The molecule has 15 heteroatoms. The van der Waals surface area contributed by atoms with Crippen molar-refractivity contribution < 1.29 is 31.2 Å². The minimum absolute atomic E-state index is 0.0377. The highest BCUT2D eigenvalue weighted by Crippen LogP contribution is 2.37. The zero-order chi connectivity index (χ0) is 30.7. The Kier molecular flexibility index (Phi) is 9.86. The maximum absolute atomic E-state index is 14.2. The van der Waals surface area contributed by atoms with Crippen LogP contribution in [0.25, 0.3) is 0 Å². The summed E-state index contributed by atoms with van der Waals surface area (Å²) in [4.78, 5) is 27.0. The number of alkyl halides is 4. The Bertz CT molecular complexity index is 1550. The first kappa shape index (κ1) is 31.8. The van der Waals surface area contributed by atoms with Gasteiger partial charge in [-0.05, 0) is 67.8 Å². The number of likely N-dealkylation sites (tertiary alicyclic amines) is 1. The van der Waals surface area contributed by atoms with E-state index in [1.54, 1.807) is 11.0 Å². The molecule has 1 aromatic heterocycles. The number of halogens is 5. The van der Waals surface area contributed by atoms with Crippen molar-refractivity contribution in [3.63, 3.8) is 0 Å². The lowest BCUT2D eigenvalue weighted by molar-refractivity contribution is -0.138. The van der Waals surface area contributed by atoms with Crippen molar-refractivity contribution in [1.29, 1.82) is 0 Å². The van der Waals surface area contributed by atoms with Crippen LogP contribution in [0, 0.1) is 0 Å². The van der Waals surface area contributed by atoms with Crippen molar-refractivity contribution in [1.82, 2.24) is 25.7 Å². The molecule has 2 amide bonds. The Morgan fingerprint density at radius 2 is 1.95 bits per heavy atom. The van der Waals surface area contributed by atoms with E-state index in [0.29, 0.717) is 31.5 Å². The maximum atomic E-state index is 14.2. The van der Waals surface area contributed by atoms with Crippen LogP contribution in [-0.4, -0.2) is 59.2 Å². The number of aromatic nitrogens is 2. The number of benzene rings is 2. The van der Waals surface area contributed by atoms with E-state index in [1.807, 2.05) is 0 Å². The van der Waals surface area contributed by atoms with Crippen molar-refractivity contribution >= 4 is 44.9 Å². The molecule has 2 aromatic carbocycles. The van der Waals surface area contributed by atoms with Gasteiger partial charge in [0, 0.05) is 42.5 Å². The van der Waals surface area contributed by atoms with Gasteiger partial charge in [-0.1, -0.05) is 23.7 Å². The van der Waals surface area contributed by atoms with Crippen molar-refractivity contribution in [3.05, 3.63) is 81.6 Å². The molecule has 2 atom stereocenters. The van der Waals surface area contributed by atoms with Crippen LogP contribution in [0.15, 0.2) is 53.6 Å². The van der Waals surface area contributed by atoms with Crippen molar-refractivity contribution in [3.8, 4) is 0 Å². The minimum atomic E-state index is -4.79. The van der Waals surface area contributed by atoms with E-state index in [2.05, 4.69) is 20.8 Å². The van der Waals surface area contributed by atoms with Gasteiger partial charge in [-0.15, -0.1) is 11.6 Å². The molecule has 2 heterocycles. The molecular formula is C27H28Cl2F3N5O4S. The first-order chi connectivity index (χ1) is 19.8. The maximum Gasteiger partial charge on any atom is 0.416 e. The largest absolute Gasteiger partial charge is 0.416 e. The van der Waals surface area contributed by atoms with Crippen LogP contribution in [0.5, 0.6) is 0 Å². The number of sulfone groups is 1. The van der Waals surface area contributed by atoms with E-state index >= 15 is 0 Å². The van der Waals surface area contributed by atoms with E-state index in [0.717, 1.165) is 6.07 Å². The third-order valence-corrected chi connectivity index (χ3v) is 9.65. The number of hydrogen-bond acceptors (Lipinski definition) is 6. The second-order valence-electron chi connectivity index (χ2n) is 9.92. The number of nitrogens with zero attached hydrogens (tertiary/aromatic N) is 2. The van der Waals surface area contributed by atoms with Gasteiger partial charge in [0.05, 0.1) is 10.5 Å². The van der Waals surface area contributed by atoms with Gasteiger partial charge in [0.2, 0.25) is 0 Å². The van der Waals surface area contributed by atoms with E-state index < -0.39 is 32.2 Å². The van der Waals surface area contributed by atoms with Gasteiger partial charge in [0.25, 0.3) is 11.8 Å². The second-order valence-corrected chi connectivity index (χ2v) is 13.5. The van der Waals surface area contributed by atoms with Crippen molar-refractivity contribution in [2.45, 2.75) is 54.7 Å². The molecule has 0 spiro atoms. The monoisotopic (exact) mass is 645 g/mol. The number of amides is 2. The molecule has 1 saturated heterocycles. The number of nitrogens with one attached hydrogen (secondary N) is 3. The zero-order valence-corrected chi connectivity index (χ0v) is 24.7. The van der Waals surface area contributed by atoms with Gasteiger partial charge in [-0.25, -0.2) is 8.42 Å². The van der Waals surface area contributed by atoms with Gasteiger partial charge in [-0.3, -0.25) is 19.6 Å². The van der Waals surface area contributed by atoms with Crippen LogP contribution in [0.1, 0.15) is 57.3 Å². The number of hydrogen-bond donors (Lipinski definition) is 3. The van der Waals surface area contributed by atoms with Gasteiger partial charge < -0.3 is 10.6 Å². The quantitative estimate of drug-likeness (QED) is 0.288. The lowest BCUT2D eigenvalue weighted by atomic mass is 9.99. The SMILES string of the molecule is CC(Cl)S(=O)(=O)c1cccc(CNC(=O)c2cc(Cl)c(CN3CCC[C@H](NC(=O)c4ccn[nH]4)C3)c(C(F)(F)F)c2)c1. The smallest absolute Gasteiger partial charge is 0.348 e. The first-order valence-electron chi connectivity index (χ1n) is 12.9. The summed E-state index contributed by atoms with van der Waals surface area (Å²) in [5.74, 6) is -1.17. The fourth-order valence-electron chi connectivity index (χ4n) is 4.67. The molecule has 1 aliphatic heterocycles. The highest BCUT2D eigenvalue weighted by molar-refractivity contribution is 7.93. The van der Waals surface area contributed by atoms with Crippen LogP contribution in [0.4, 0.5) is 13.2 Å². The Morgan fingerprint density at radius 1 is 1.19 bits per heavy atom. The van der Waals surface area contributed by atoms with E-state index in [-0.39, 0.29) is 51.8 Å². The number of carbonyl (C=O) groups is 2. The molecule has 4 rings (SSSR count). The topological polar surface area (TPSA) is 124 Å².